The summed E-state index contributed by atoms with van der Waals surface area (Å²) in [4.78, 5) is 15.8. The lowest BCUT2D eigenvalue weighted by atomic mass is 10.2. The number of likely N-dealkylation sites (N-methyl/N-ethyl adjacent to an activating group) is 1. The van der Waals surface area contributed by atoms with Crippen molar-refractivity contribution in [3.63, 3.8) is 0 Å². The van der Waals surface area contributed by atoms with Gasteiger partial charge in [-0.25, -0.2) is 13.4 Å². The number of hydrogen-bond donors (Lipinski definition) is 0. The number of rotatable bonds is 8. The van der Waals surface area contributed by atoms with Crippen LogP contribution in [0.15, 0.2) is 34.8 Å². The molecule has 0 spiro atoms. The third kappa shape index (κ3) is 6.32. The molecule has 26 heavy (non-hydrogen) atoms. The Labute approximate surface area is 153 Å². The molecule has 0 aliphatic carbocycles. The third-order valence-corrected chi connectivity index (χ3v) is 3.83. The number of anilines is 1. The molecule has 1 heterocycles. The fourth-order valence-corrected chi connectivity index (χ4v) is 2.39. The molecular weight excluding hydrogens is 388 g/mol. The summed E-state index contributed by atoms with van der Waals surface area (Å²) in [6.45, 7) is -0.480. The molecule has 0 N–H and O–H groups in total. The van der Waals surface area contributed by atoms with E-state index in [2.05, 4.69) is 23.8 Å². The normalized spacial score (nSPS) is 11.3. The fraction of sp³-hybridized carbons (Fsp3) is 0.250. The molecule has 0 atom stereocenters. The molecular formula is C12H14N6O6S2. The molecule has 0 unspecified atom stereocenters. The molecule has 140 valence electrons. The van der Waals surface area contributed by atoms with E-state index >= 15 is 0 Å². The van der Waals surface area contributed by atoms with Crippen molar-refractivity contribution in [2.45, 2.75) is 0 Å². The van der Waals surface area contributed by atoms with Gasteiger partial charge in [-0.1, -0.05) is 0 Å². The summed E-state index contributed by atoms with van der Waals surface area (Å²) in [6.07, 6.45) is 1.31. The number of hydrogen-bond acceptors (Lipinski definition) is 12. The van der Waals surface area contributed by atoms with Crippen LogP contribution in [0.2, 0.25) is 0 Å². The van der Waals surface area contributed by atoms with Crippen LogP contribution in [0.5, 0.6) is 0 Å². The molecule has 0 amide bonds. The smallest absolute Gasteiger partial charge is 0.294 e. The maximum absolute atomic E-state index is 11.3. The minimum Gasteiger partial charge on any atom is -0.726 e. The number of azo groups is 1. The molecule has 0 fully saturated rings. The molecule has 2 aromatic rings. The molecule has 0 aliphatic heterocycles. The maximum Gasteiger partial charge on any atom is 0.294 e. The Morgan fingerprint density at radius 3 is 2.69 bits per heavy atom. The molecule has 1 aromatic heterocycles. The predicted octanol–water partition coefficient (Wildman–Crippen LogP) is 2.22. The fourth-order valence-electron chi connectivity index (χ4n) is 1.75. The lowest BCUT2D eigenvalue weighted by molar-refractivity contribution is -0.384. The molecule has 0 radical (unpaired) electrons. The van der Waals surface area contributed by atoms with E-state index in [1.807, 2.05) is 0 Å². The molecule has 12 nitrogen and oxygen atoms in total. The monoisotopic (exact) mass is 402 g/mol. The Morgan fingerprint density at radius 2 is 2.12 bits per heavy atom. The first kappa shape index (κ1) is 21.4. The van der Waals surface area contributed by atoms with E-state index in [1.54, 1.807) is 0 Å². The van der Waals surface area contributed by atoms with Crippen molar-refractivity contribution >= 4 is 44.1 Å². The molecule has 0 bridgehead atoms. The quantitative estimate of drug-likeness (QED) is 0.161. The number of nitrogens with zero attached hydrogens (tertiary/aromatic N) is 6. The van der Waals surface area contributed by atoms with Gasteiger partial charge in [-0.2, -0.15) is 4.37 Å². The minimum absolute atomic E-state index is 0. The van der Waals surface area contributed by atoms with Gasteiger partial charge < -0.3 is 9.45 Å². The van der Waals surface area contributed by atoms with Crippen molar-refractivity contribution in [3.8, 4) is 0 Å². The van der Waals surface area contributed by atoms with Gasteiger partial charge in [-0.15, -0.1) is 10.2 Å². The molecule has 2 rings (SSSR count). The Balaban J connectivity index is 0.00000338. The van der Waals surface area contributed by atoms with E-state index in [4.69, 9.17) is 0 Å². The summed E-state index contributed by atoms with van der Waals surface area (Å²) >= 11 is 1.02. The van der Waals surface area contributed by atoms with Gasteiger partial charge in [0.2, 0.25) is 15.5 Å². The summed E-state index contributed by atoms with van der Waals surface area (Å²) in [5.41, 5.74) is 0.172. The van der Waals surface area contributed by atoms with Crippen molar-refractivity contribution in [1.82, 2.24) is 9.36 Å². The zero-order valence-electron chi connectivity index (χ0n) is 13.7. The molecule has 0 saturated carbocycles. The van der Waals surface area contributed by atoms with Crippen LogP contribution in [0.3, 0.4) is 0 Å². The summed E-state index contributed by atoms with van der Waals surface area (Å²) in [5, 5.41) is 19.2. The van der Waals surface area contributed by atoms with Crippen LogP contribution in [0.4, 0.5) is 22.2 Å². The van der Waals surface area contributed by atoms with Gasteiger partial charge in [0.25, 0.3) is 5.69 Å². The number of benzene rings is 1. The Kier molecular flexibility index (Phi) is 7.51. The topological polar surface area (TPSA) is 163 Å². The van der Waals surface area contributed by atoms with E-state index in [1.165, 1.54) is 36.5 Å². The van der Waals surface area contributed by atoms with E-state index in [-0.39, 0.29) is 31.0 Å². The first-order chi connectivity index (χ1) is 11.8. The number of aromatic nitrogens is 2. The molecule has 1 aromatic carbocycles. The first-order valence-electron chi connectivity index (χ1n) is 6.54. The zero-order valence-corrected chi connectivity index (χ0v) is 15.3. The Morgan fingerprint density at radius 1 is 1.38 bits per heavy atom. The highest BCUT2D eigenvalue weighted by atomic mass is 32.3. The van der Waals surface area contributed by atoms with Crippen LogP contribution in [-0.2, 0) is 14.6 Å². The SMILES string of the molecule is CN(CCOS(=O)(=O)[O-])c1ccc(N=Nc2ncns2)cc1[N+](=O)[O-].[CH3+]. The van der Waals surface area contributed by atoms with Crippen LogP contribution < -0.4 is 4.90 Å². The van der Waals surface area contributed by atoms with Crippen molar-refractivity contribution in [2.75, 3.05) is 25.1 Å². The second kappa shape index (κ2) is 9.14. The van der Waals surface area contributed by atoms with E-state index in [9.17, 15) is 23.1 Å². The van der Waals surface area contributed by atoms with Gasteiger partial charge in [-0.05, 0) is 12.1 Å². The largest absolute Gasteiger partial charge is 0.726 e. The second-order valence-corrected chi connectivity index (χ2v) is 6.32. The average Bonchev–Trinajstić information content (AvgIpc) is 3.04. The summed E-state index contributed by atoms with van der Waals surface area (Å²) in [6, 6.07) is 4.13. The highest BCUT2D eigenvalue weighted by Crippen LogP contribution is 2.32. The van der Waals surface area contributed by atoms with Gasteiger partial charge in [0.1, 0.15) is 12.0 Å². The van der Waals surface area contributed by atoms with Crippen molar-refractivity contribution in [3.05, 3.63) is 42.1 Å². The van der Waals surface area contributed by atoms with Crippen molar-refractivity contribution in [1.29, 1.82) is 0 Å². The van der Waals surface area contributed by atoms with E-state index < -0.39 is 21.9 Å². The van der Waals surface area contributed by atoms with Crippen molar-refractivity contribution in [2.24, 2.45) is 10.2 Å². The average molecular weight is 402 g/mol. The summed E-state index contributed by atoms with van der Waals surface area (Å²) in [7, 11) is -3.32. The van der Waals surface area contributed by atoms with Gasteiger partial charge in [0.15, 0.2) is 0 Å². The minimum atomic E-state index is -4.81. The highest BCUT2D eigenvalue weighted by Gasteiger charge is 2.18. The summed E-state index contributed by atoms with van der Waals surface area (Å²) in [5.74, 6) is 0. The van der Waals surface area contributed by atoms with Crippen LogP contribution in [0, 0.1) is 17.5 Å². The second-order valence-electron chi connectivity index (χ2n) is 4.51. The predicted molar refractivity (Wildman–Crippen MR) is 92.5 cm³/mol. The lowest BCUT2D eigenvalue weighted by Gasteiger charge is -2.19. The number of nitro groups is 1. The van der Waals surface area contributed by atoms with Gasteiger partial charge >= 0.3 is 0 Å². The van der Waals surface area contributed by atoms with E-state index in [0.29, 0.717) is 5.13 Å². The molecule has 0 aliphatic rings. The van der Waals surface area contributed by atoms with Crippen molar-refractivity contribution < 1.29 is 22.1 Å². The van der Waals surface area contributed by atoms with E-state index in [0.717, 1.165) is 11.5 Å². The standard InChI is InChI=1S/C11H12N6O6S2.CH3/c1-16(4-5-23-25(20,21)22)9-3-2-8(6-10(9)17(18)19)14-15-11-12-7-13-24-11;/h2-3,6-7H,4-5H2,1H3,(H,20,21,22);1H3/q;+1/p-1. The van der Waals surface area contributed by atoms with Crippen LogP contribution in [0.1, 0.15) is 0 Å². The Hall–Kier alpha value is -2.68. The van der Waals surface area contributed by atoms with Crippen LogP contribution in [0.25, 0.3) is 0 Å². The van der Waals surface area contributed by atoms with Gasteiger partial charge in [-0.3, -0.25) is 14.3 Å². The summed E-state index contributed by atoms with van der Waals surface area (Å²) < 4.78 is 39.0. The molecule has 14 heteroatoms. The zero-order chi connectivity index (χ0) is 18.4. The van der Waals surface area contributed by atoms with Gasteiger partial charge in [0.05, 0.1) is 17.2 Å². The highest BCUT2D eigenvalue weighted by molar-refractivity contribution is 7.80. The first-order valence-corrected chi connectivity index (χ1v) is 8.65. The Bertz CT molecular complexity index is 870. The van der Waals surface area contributed by atoms with Crippen LogP contribution in [-0.4, -0.2) is 47.5 Å². The molecule has 0 saturated heterocycles. The van der Waals surface area contributed by atoms with Crippen LogP contribution >= 0.6 is 11.5 Å². The van der Waals surface area contributed by atoms with Gasteiger partial charge in [0, 0.05) is 38.6 Å². The maximum atomic E-state index is 11.3. The number of nitro benzene ring substituents is 1. The third-order valence-electron chi connectivity index (χ3n) is 2.82. The lowest BCUT2D eigenvalue weighted by Crippen LogP contribution is -2.24.